The molecule has 1 amide bonds. The summed E-state index contributed by atoms with van der Waals surface area (Å²) in [6.45, 7) is 2.16. The van der Waals surface area contributed by atoms with E-state index in [1.54, 1.807) is 0 Å². The average Bonchev–Trinajstić information content (AvgIpc) is 2.89. The second-order valence-corrected chi connectivity index (χ2v) is 6.99. The van der Waals surface area contributed by atoms with Crippen LogP contribution in [-0.2, 0) is 4.79 Å². The van der Waals surface area contributed by atoms with Crippen molar-refractivity contribution in [2.24, 2.45) is 5.92 Å². The van der Waals surface area contributed by atoms with Crippen molar-refractivity contribution in [1.29, 1.82) is 0 Å². The number of nitrogens with zero attached hydrogens (tertiary/aromatic N) is 1. The van der Waals surface area contributed by atoms with Crippen LogP contribution in [0.1, 0.15) is 70.6 Å². The second-order valence-electron chi connectivity index (χ2n) is 6.99. The standard InChI is InChI=1S/C17H30N2O/c20-17(14-8-3-1-2-4-9-14)19-13-6-5-11-16(19)15-10-7-12-18-15/h14-16,18H,1-13H2. The average molecular weight is 278 g/mol. The van der Waals surface area contributed by atoms with E-state index in [1.807, 2.05) is 0 Å². The molecule has 0 aromatic rings. The van der Waals surface area contributed by atoms with E-state index < -0.39 is 0 Å². The molecule has 114 valence electrons. The molecular formula is C17H30N2O. The highest BCUT2D eigenvalue weighted by Crippen LogP contribution is 2.30. The van der Waals surface area contributed by atoms with Gasteiger partial charge < -0.3 is 10.2 Å². The first-order valence-corrected chi connectivity index (χ1v) is 8.90. The fourth-order valence-corrected chi connectivity index (χ4v) is 4.45. The Morgan fingerprint density at radius 1 is 0.850 bits per heavy atom. The van der Waals surface area contributed by atoms with E-state index in [1.165, 1.54) is 57.8 Å². The number of likely N-dealkylation sites (tertiary alicyclic amines) is 1. The number of piperidine rings is 1. The fraction of sp³-hybridized carbons (Fsp3) is 0.941. The van der Waals surface area contributed by atoms with Gasteiger partial charge in [0.05, 0.1) is 0 Å². The van der Waals surface area contributed by atoms with Gasteiger partial charge in [-0.3, -0.25) is 4.79 Å². The van der Waals surface area contributed by atoms with Crippen molar-refractivity contribution in [1.82, 2.24) is 10.2 Å². The zero-order valence-corrected chi connectivity index (χ0v) is 12.8. The summed E-state index contributed by atoms with van der Waals surface area (Å²) < 4.78 is 0. The van der Waals surface area contributed by atoms with Gasteiger partial charge in [-0.2, -0.15) is 0 Å². The van der Waals surface area contributed by atoms with Crippen LogP contribution in [0.15, 0.2) is 0 Å². The number of carbonyl (C=O) groups is 1. The lowest BCUT2D eigenvalue weighted by Crippen LogP contribution is -2.54. The molecule has 0 spiro atoms. The summed E-state index contributed by atoms with van der Waals surface area (Å²) in [5.74, 6) is 0.824. The van der Waals surface area contributed by atoms with Crippen molar-refractivity contribution in [3.63, 3.8) is 0 Å². The van der Waals surface area contributed by atoms with Gasteiger partial charge in [-0.05, 0) is 51.5 Å². The van der Waals surface area contributed by atoms with Gasteiger partial charge in [-0.25, -0.2) is 0 Å². The molecule has 20 heavy (non-hydrogen) atoms. The smallest absolute Gasteiger partial charge is 0.225 e. The lowest BCUT2D eigenvalue weighted by atomic mass is 9.91. The van der Waals surface area contributed by atoms with Crippen molar-refractivity contribution in [2.75, 3.05) is 13.1 Å². The van der Waals surface area contributed by atoms with E-state index in [0.717, 1.165) is 25.9 Å². The molecule has 2 unspecified atom stereocenters. The van der Waals surface area contributed by atoms with Gasteiger partial charge in [0.2, 0.25) is 5.91 Å². The Balaban J connectivity index is 1.66. The van der Waals surface area contributed by atoms with E-state index >= 15 is 0 Å². The summed E-state index contributed by atoms with van der Waals surface area (Å²) >= 11 is 0. The van der Waals surface area contributed by atoms with Crippen molar-refractivity contribution in [3.05, 3.63) is 0 Å². The van der Waals surface area contributed by atoms with Crippen LogP contribution >= 0.6 is 0 Å². The van der Waals surface area contributed by atoms with Crippen molar-refractivity contribution in [2.45, 2.75) is 82.7 Å². The minimum Gasteiger partial charge on any atom is -0.338 e. The van der Waals surface area contributed by atoms with Crippen LogP contribution in [0.5, 0.6) is 0 Å². The van der Waals surface area contributed by atoms with E-state index in [-0.39, 0.29) is 0 Å². The van der Waals surface area contributed by atoms with Crippen LogP contribution in [0.25, 0.3) is 0 Å². The Kier molecular flexibility index (Phi) is 4.98. The molecule has 3 fully saturated rings. The fourth-order valence-electron chi connectivity index (χ4n) is 4.45. The molecule has 2 aliphatic heterocycles. The van der Waals surface area contributed by atoms with E-state index in [0.29, 0.717) is 23.9 Å². The molecule has 2 heterocycles. The van der Waals surface area contributed by atoms with Crippen LogP contribution in [0.2, 0.25) is 0 Å². The van der Waals surface area contributed by atoms with Crippen molar-refractivity contribution in [3.8, 4) is 0 Å². The predicted octanol–water partition coefficient (Wildman–Crippen LogP) is 3.09. The van der Waals surface area contributed by atoms with Crippen LogP contribution in [-0.4, -0.2) is 36.0 Å². The van der Waals surface area contributed by atoms with E-state index in [4.69, 9.17) is 0 Å². The van der Waals surface area contributed by atoms with Crippen LogP contribution < -0.4 is 5.32 Å². The Labute approximate surface area is 123 Å². The summed E-state index contributed by atoms with van der Waals surface area (Å²) in [5.41, 5.74) is 0. The maximum Gasteiger partial charge on any atom is 0.225 e. The molecule has 0 aromatic carbocycles. The van der Waals surface area contributed by atoms with Gasteiger partial charge >= 0.3 is 0 Å². The number of amides is 1. The molecule has 0 radical (unpaired) electrons. The van der Waals surface area contributed by atoms with Gasteiger partial charge in [0, 0.05) is 24.5 Å². The Morgan fingerprint density at radius 3 is 2.30 bits per heavy atom. The molecule has 2 atom stereocenters. The van der Waals surface area contributed by atoms with Gasteiger partial charge in [-0.1, -0.05) is 25.7 Å². The zero-order chi connectivity index (χ0) is 13.8. The van der Waals surface area contributed by atoms with Gasteiger partial charge in [0.25, 0.3) is 0 Å². The molecule has 1 saturated carbocycles. The third-order valence-corrected chi connectivity index (χ3v) is 5.60. The Hall–Kier alpha value is -0.570. The third kappa shape index (κ3) is 3.19. The summed E-state index contributed by atoms with van der Waals surface area (Å²) in [6, 6.07) is 1.06. The summed E-state index contributed by atoms with van der Waals surface area (Å²) in [5, 5.41) is 3.63. The lowest BCUT2D eigenvalue weighted by Gasteiger charge is -2.41. The molecule has 1 aliphatic carbocycles. The predicted molar refractivity (Wildman–Crippen MR) is 81.6 cm³/mol. The molecule has 3 rings (SSSR count). The highest BCUT2D eigenvalue weighted by Gasteiger charge is 2.36. The molecule has 1 N–H and O–H groups in total. The minimum absolute atomic E-state index is 0.333. The van der Waals surface area contributed by atoms with Crippen LogP contribution in [0.4, 0.5) is 0 Å². The SMILES string of the molecule is O=C(C1CCCCCC1)N1CCCCC1C1CCCN1. The lowest BCUT2D eigenvalue weighted by molar-refractivity contribution is -0.140. The van der Waals surface area contributed by atoms with Gasteiger partial charge in [0.15, 0.2) is 0 Å². The first-order valence-electron chi connectivity index (χ1n) is 8.90. The molecule has 3 heteroatoms. The monoisotopic (exact) mass is 278 g/mol. The summed E-state index contributed by atoms with van der Waals surface area (Å²) in [4.78, 5) is 15.3. The normalized spacial score (nSPS) is 33.1. The number of nitrogens with one attached hydrogen (secondary N) is 1. The summed E-state index contributed by atoms with van der Waals surface area (Å²) in [7, 11) is 0. The number of rotatable bonds is 2. The van der Waals surface area contributed by atoms with E-state index in [2.05, 4.69) is 10.2 Å². The highest BCUT2D eigenvalue weighted by atomic mass is 16.2. The van der Waals surface area contributed by atoms with Crippen molar-refractivity contribution >= 4 is 5.91 Å². The minimum atomic E-state index is 0.333. The third-order valence-electron chi connectivity index (χ3n) is 5.60. The number of hydrogen-bond acceptors (Lipinski definition) is 2. The Bertz CT molecular complexity index is 317. The molecule has 2 saturated heterocycles. The Morgan fingerprint density at radius 2 is 1.60 bits per heavy atom. The van der Waals surface area contributed by atoms with E-state index in [9.17, 15) is 4.79 Å². The number of hydrogen-bond donors (Lipinski definition) is 1. The maximum absolute atomic E-state index is 13.0. The molecule has 0 aromatic heterocycles. The first kappa shape index (κ1) is 14.4. The van der Waals surface area contributed by atoms with Crippen molar-refractivity contribution < 1.29 is 4.79 Å². The van der Waals surface area contributed by atoms with Gasteiger partial charge in [0.1, 0.15) is 0 Å². The first-order chi connectivity index (χ1) is 9.86. The topological polar surface area (TPSA) is 32.3 Å². The molecular weight excluding hydrogens is 248 g/mol. The summed E-state index contributed by atoms with van der Waals surface area (Å²) in [6.07, 6.45) is 13.7. The molecule has 3 aliphatic rings. The second kappa shape index (κ2) is 6.93. The van der Waals surface area contributed by atoms with Crippen LogP contribution in [0, 0.1) is 5.92 Å². The highest BCUT2D eigenvalue weighted by molar-refractivity contribution is 5.79. The zero-order valence-electron chi connectivity index (χ0n) is 12.8. The quantitative estimate of drug-likeness (QED) is 0.787. The van der Waals surface area contributed by atoms with Crippen LogP contribution in [0.3, 0.4) is 0 Å². The number of carbonyl (C=O) groups excluding carboxylic acids is 1. The maximum atomic E-state index is 13.0. The van der Waals surface area contributed by atoms with Gasteiger partial charge in [-0.15, -0.1) is 0 Å². The molecule has 3 nitrogen and oxygen atoms in total. The largest absolute Gasteiger partial charge is 0.338 e. The molecule has 0 bridgehead atoms.